The van der Waals surface area contributed by atoms with Crippen LogP contribution in [-0.2, 0) is 11.3 Å². The molecule has 0 aliphatic carbocycles. The standard InChI is InChI=1S/C14H20ClN3O3/c1-21-13-4-5-17(12(7-13)8-16)9-10-2-3-11(15)6-14(10)18(19)20/h2-3,6,12-13H,4-5,7-9,16H2,1H3. The van der Waals surface area contributed by atoms with Crippen molar-refractivity contribution in [1.82, 2.24) is 4.90 Å². The molecule has 0 spiro atoms. The summed E-state index contributed by atoms with van der Waals surface area (Å²) in [6.45, 7) is 1.84. The Hall–Kier alpha value is -1.21. The van der Waals surface area contributed by atoms with Gasteiger partial charge in [0, 0.05) is 49.4 Å². The summed E-state index contributed by atoms with van der Waals surface area (Å²) >= 11 is 5.84. The molecule has 0 bridgehead atoms. The minimum atomic E-state index is -0.388. The Bertz CT molecular complexity index is 512. The summed E-state index contributed by atoms with van der Waals surface area (Å²) in [6.07, 6.45) is 1.98. The normalized spacial score (nSPS) is 23.2. The van der Waals surface area contributed by atoms with Crippen LogP contribution in [0.1, 0.15) is 18.4 Å². The van der Waals surface area contributed by atoms with E-state index in [-0.39, 0.29) is 22.8 Å². The monoisotopic (exact) mass is 313 g/mol. The van der Waals surface area contributed by atoms with E-state index in [4.69, 9.17) is 22.1 Å². The molecular formula is C14H20ClN3O3. The number of piperidine rings is 1. The van der Waals surface area contributed by atoms with Crippen LogP contribution in [0.2, 0.25) is 5.02 Å². The zero-order valence-electron chi connectivity index (χ0n) is 12.0. The Morgan fingerprint density at radius 2 is 2.33 bits per heavy atom. The fraction of sp³-hybridized carbons (Fsp3) is 0.571. The Morgan fingerprint density at radius 1 is 1.57 bits per heavy atom. The second kappa shape index (κ2) is 7.17. The molecule has 21 heavy (non-hydrogen) atoms. The maximum Gasteiger partial charge on any atom is 0.275 e. The van der Waals surface area contributed by atoms with Crippen LogP contribution in [0.5, 0.6) is 0 Å². The van der Waals surface area contributed by atoms with E-state index in [1.54, 1.807) is 19.2 Å². The van der Waals surface area contributed by atoms with E-state index in [0.717, 1.165) is 19.4 Å². The molecule has 0 saturated carbocycles. The van der Waals surface area contributed by atoms with E-state index in [2.05, 4.69) is 4.90 Å². The van der Waals surface area contributed by atoms with Crippen LogP contribution in [0, 0.1) is 10.1 Å². The summed E-state index contributed by atoms with van der Waals surface area (Å²) in [6, 6.07) is 4.98. The highest BCUT2D eigenvalue weighted by Gasteiger charge is 2.29. The number of likely N-dealkylation sites (tertiary alicyclic amines) is 1. The fourth-order valence-electron chi connectivity index (χ4n) is 2.79. The van der Waals surface area contributed by atoms with Crippen molar-refractivity contribution < 1.29 is 9.66 Å². The second-order valence-electron chi connectivity index (χ2n) is 5.27. The number of benzene rings is 1. The summed E-state index contributed by atoms with van der Waals surface area (Å²) < 4.78 is 5.39. The number of nitrogens with two attached hydrogens (primary N) is 1. The van der Waals surface area contributed by atoms with Gasteiger partial charge in [0.25, 0.3) is 5.69 Å². The van der Waals surface area contributed by atoms with E-state index in [1.807, 2.05) is 0 Å². The van der Waals surface area contributed by atoms with Crippen molar-refractivity contribution in [2.45, 2.75) is 31.5 Å². The van der Waals surface area contributed by atoms with E-state index >= 15 is 0 Å². The van der Waals surface area contributed by atoms with Gasteiger partial charge in [-0.1, -0.05) is 11.6 Å². The van der Waals surface area contributed by atoms with Gasteiger partial charge in [-0.3, -0.25) is 15.0 Å². The number of nitro groups is 1. The maximum absolute atomic E-state index is 11.1. The third-order valence-electron chi connectivity index (χ3n) is 4.01. The lowest BCUT2D eigenvalue weighted by atomic mass is 9.98. The van der Waals surface area contributed by atoms with E-state index in [9.17, 15) is 10.1 Å². The molecule has 1 aromatic carbocycles. The van der Waals surface area contributed by atoms with Crippen molar-refractivity contribution in [2.75, 3.05) is 20.2 Å². The Labute approximate surface area is 129 Å². The highest BCUT2D eigenvalue weighted by Crippen LogP contribution is 2.27. The highest BCUT2D eigenvalue weighted by atomic mass is 35.5. The number of hydrogen-bond acceptors (Lipinski definition) is 5. The Balaban J connectivity index is 2.15. The lowest BCUT2D eigenvalue weighted by Crippen LogP contribution is -2.48. The molecule has 1 fully saturated rings. The molecule has 0 amide bonds. The SMILES string of the molecule is COC1CCN(Cc2ccc(Cl)cc2[N+](=O)[O-])C(CN)C1. The zero-order valence-corrected chi connectivity index (χ0v) is 12.8. The first-order chi connectivity index (χ1) is 10.0. The van der Waals surface area contributed by atoms with E-state index in [1.165, 1.54) is 6.07 Å². The highest BCUT2D eigenvalue weighted by molar-refractivity contribution is 6.30. The van der Waals surface area contributed by atoms with Crippen LogP contribution in [0.15, 0.2) is 18.2 Å². The predicted molar refractivity (Wildman–Crippen MR) is 81.4 cm³/mol. The van der Waals surface area contributed by atoms with Gasteiger partial charge < -0.3 is 10.5 Å². The first-order valence-electron chi connectivity index (χ1n) is 6.95. The van der Waals surface area contributed by atoms with Crippen LogP contribution in [-0.4, -0.2) is 42.2 Å². The second-order valence-corrected chi connectivity index (χ2v) is 5.71. The summed E-state index contributed by atoms with van der Waals surface area (Å²) in [5.41, 5.74) is 6.56. The number of ether oxygens (including phenoxy) is 1. The zero-order chi connectivity index (χ0) is 15.4. The molecule has 2 unspecified atom stereocenters. The van der Waals surface area contributed by atoms with Gasteiger partial charge in [-0.25, -0.2) is 0 Å². The van der Waals surface area contributed by atoms with Crippen molar-refractivity contribution >= 4 is 17.3 Å². The lowest BCUT2D eigenvalue weighted by molar-refractivity contribution is -0.385. The third kappa shape index (κ3) is 3.91. The minimum Gasteiger partial charge on any atom is -0.381 e. The summed E-state index contributed by atoms with van der Waals surface area (Å²) in [7, 11) is 1.71. The molecule has 6 nitrogen and oxygen atoms in total. The van der Waals surface area contributed by atoms with Crippen LogP contribution in [0.25, 0.3) is 0 Å². The first-order valence-corrected chi connectivity index (χ1v) is 7.32. The smallest absolute Gasteiger partial charge is 0.275 e. The number of halogens is 1. The van der Waals surface area contributed by atoms with Gasteiger partial charge in [-0.15, -0.1) is 0 Å². The molecule has 7 heteroatoms. The third-order valence-corrected chi connectivity index (χ3v) is 4.25. The molecule has 2 rings (SSSR count). The molecule has 1 heterocycles. The average Bonchev–Trinajstić information content (AvgIpc) is 2.49. The summed E-state index contributed by atoms with van der Waals surface area (Å²) in [4.78, 5) is 12.9. The minimum absolute atomic E-state index is 0.0622. The van der Waals surface area contributed by atoms with Crippen LogP contribution in [0.4, 0.5) is 5.69 Å². The van der Waals surface area contributed by atoms with Crippen LogP contribution < -0.4 is 5.73 Å². The largest absolute Gasteiger partial charge is 0.381 e. The van der Waals surface area contributed by atoms with Gasteiger partial charge in [0.1, 0.15) is 0 Å². The molecule has 1 aliphatic rings. The van der Waals surface area contributed by atoms with Crippen LogP contribution in [0.3, 0.4) is 0 Å². The van der Waals surface area contributed by atoms with E-state index < -0.39 is 0 Å². The van der Waals surface area contributed by atoms with Gasteiger partial charge in [0.15, 0.2) is 0 Å². The lowest BCUT2D eigenvalue weighted by Gasteiger charge is -2.38. The number of nitro benzene ring substituents is 1. The quantitative estimate of drug-likeness (QED) is 0.665. The van der Waals surface area contributed by atoms with Crippen molar-refractivity contribution in [3.63, 3.8) is 0 Å². The van der Waals surface area contributed by atoms with E-state index in [0.29, 0.717) is 23.7 Å². The number of nitrogens with zero attached hydrogens (tertiary/aromatic N) is 2. The summed E-state index contributed by atoms with van der Waals surface area (Å²) in [5.74, 6) is 0. The maximum atomic E-state index is 11.1. The van der Waals surface area contributed by atoms with Crippen molar-refractivity contribution in [3.8, 4) is 0 Å². The molecule has 116 valence electrons. The molecule has 1 aliphatic heterocycles. The Kier molecular flexibility index (Phi) is 5.52. The van der Waals surface area contributed by atoms with Gasteiger partial charge >= 0.3 is 0 Å². The predicted octanol–water partition coefficient (Wildman–Crippen LogP) is 2.19. The molecule has 2 N–H and O–H groups in total. The van der Waals surface area contributed by atoms with Crippen molar-refractivity contribution in [3.05, 3.63) is 38.9 Å². The molecule has 0 radical (unpaired) electrons. The molecule has 2 atom stereocenters. The van der Waals surface area contributed by atoms with Gasteiger partial charge in [-0.05, 0) is 25.0 Å². The van der Waals surface area contributed by atoms with Gasteiger partial charge in [0.2, 0.25) is 0 Å². The number of hydrogen-bond donors (Lipinski definition) is 1. The molecule has 1 aromatic rings. The van der Waals surface area contributed by atoms with Crippen LogP contribution >= 0.6 is 11.6 Å². The van der Waals surface area contributed by atoms with Crippen molar-refractivity contribution in [1.29, 1.82) is 0 Å². The van der Waals surface area contributed by atoms with Gasteiger partial charge in [-0.2, -0.15) is 0 Å². The fourth-order valence-corrected chi connectivity index (χ4v) is 2.96. The average molecular weight is 314 g/mol. The summed E-state index contributed by atoms with van der Waals surface area (Å²) in [5, 5.41) is 11.5. The molecule has 1 saturated heterocycles. The Morgan fingerprint density at radius 3 is 2.95 bits per heavy atom. The molecule has 0 aromatic heterocycles. The topological polar surface area (TPSA) is 81.6 Å². The number of rotatable bonds is 5. The van der Waals surface area contributed by atoms with Gasteiger partial charge in [0.05, 0.1) is 11.0 Å². The first kappa shape index (κ1) is 16.2. The van der Waals surface area contributed by atoms with Crippen molar-refractivity contribution in [2.24, 2.45) is 5.73 Å². The number of methoxy groups -OCH3 is 1. The molecular weight excluding hydrogens is 294 g/mol.